The van der Waals surface area contributed by atoms with Crippen LogP contribution < -0.4 is 14.8 Å². The molecule has 0 unspecified atom stereocenters. The fourth-order valence-electron chi connectivity index (χ4n) is 3.23. The fraction of sp³-hybridized carbons (Fsp3) is 0.350. The SMILES string of the molecule is COc1ccc(C)cc1NC(=O)c1ccc(S(=O)(=O)NC2CCCC2)cc1. The van der Waals surface area contributed by atoms with Crippen LogP contribution in [0.2, 0.25) is 0 Å². The van der Waals surface area contributed by atoms with E-state index < -0.39 is 10.0 Å². The first kappa shape index (κ1) is 19.4. The molecule has 0 saturated heterocycles. The molecule has 27 heavy (non-hydrogen) atoms. The van der Waals surface area contributed by atoms with Gasteiger partial charge in [0.25, 0.3) is 5.91 Å². The number of methoxy groups -OCH3 is 1. The van der Waals surface area contributed by atoms with Crippen LogP contribution in [0.15, 0.2) is 47.4 Å². The fourth-order valence-corrected chi connectivity index (χ4v) is 4.54. The van der Waals surface area contributed by atoms with Crippen LogP contribution in [0.3, 0.4) is 0 Å². The van der Waals surface area contributed by atoms with Gasteiger partial charge in [-0.05, 0) is 61.7 Å². The lowest BCUT2D eigenvalue weighted by Crippen LogP contribution is -2.32. The molecule has 0 aliphatic heterocycles. The highest BCUT2D eigenvalue weighted by molar-refractivity contribution is 7.89. The molecule has 0 bridgehead atoms. The predicted molar refractivity (Wildman–Crippen MR) is 105 cm³/mol. The van der Waals surface area contributed by atoms with E-state index >= 15 is 0 Å². The quantitative estimate of drug-likeness (QED) is 0.793. The second-order valence-electron chi connectivity index (χ2n) is 6.78. The average Bonchev–Trinajstić information content (AvgIpc) is 3.14. The van der Waals surface area contributed by atoms with Gasteiger partial charge in [-0.3, -0.25) is 4.79 Å². The summed E-state index contributed by atoms with van der Waals surface area (Å²) in [5, 5.41) is 2.81. The number of benzene rings is 2. The van der Waals surface area contributed by atoms with Gasteiger partial charge in [-0.1, -0.05) is 18.9 Å². The Morgan fingerprint density at radius 3 is 2.37 bits per heavy atom. The first-order chi connectivity index (χ1) is 12.9. The molecule has 1 amide bonds. The Labute approximate surface area is 160 Å². The van der Waals surface area contributed by atoms with Crippen molar-refractivity contribution in [2.75, 3.05) is 12.4 Å². The van der Waals surface area contributed by atoms with E-state index in [1.165, 1.54) is 31.4 Å². The van der Waals surface area contributed by atoms with Gasteiger partial charge in [-0.25, -0.2) is 13.1 Å². The summed E-state index contributed by atoms with van der Waals surface area (Å²) in [6, 6.07) is 11.5. The minimum Gasteiger partial charge on any atom is -0.495 e. The van der Waals surface area contributed by atoms with Crippen molar-refractivity contribution in [1.82, 2.24) is 4.72 Å². The summed E-state index contributed by atoms with van der Waals surface area (Å²) in [5.74, 6) is 0.237. The highest BCUT2D eigenvalue weighted by Crippen LogP contribution is 2.26. The van der Waals surface area contributed by atoms with Crippen molar-refractivity contribution < 1.29 is 17.9 Å². The van der Waals surface area contributed by atoms with Gasteiger partial charge in [0.2, 0.25) is 10.0 Å². The lowest BCUT2D eigenvalue weighted by molar-refractivity contribution is 0.102. The number of sulfonamides is 1. The van der Waals surface area contributed by atoms with Crippen molar-refractivity contribution in [2.24, 2.45) is 0 Å². The van der Waals surface area contributed by atoms with Crippen LogP contribution >= 0.6 is 0 Å². The average molecular weight is 388 g/mol. The van der Waals surface area contributed by atoms with Gasteiger partial charge in [0, 0.05) is 11.6 Å². The summed E-state index contributed by atoms with van der Waals surface area (Å²) in [5.41, 5.74) is 1.94. The molecule has 6 nitrogen and oxygen atoms in total. The molecule has 0 spiro atoms. The van der Waals surface area contributed by atoms with Crippen molar-refractivity contribution in [1.29, 1.82) is 0 Å². The lowest BCUT2D eigenvalue weighted by atomic mass is 10.1. The largest absolute Gasteiger partial charge is 0.495 e. The number of carbonyl (C=O) groups excluding carboxylic acids is 1. The van der Waals surface area contributed by atoms with Crippen LogP contribution in [0.1, 0.15) is 41.6 Å². The molecule has 2 N–H and O–H groups in total. The molecule has 7 heteroatoms. The Hall–Kier alpha value is -2.38. The van der Waals surface area contributed by atoms with E-state index in [0.29, 0.717) is 17.0 Å². The van der Waals surface area contributed by atoms with Crippen LogP contribution in [0.4, 0.5) is 5.69 Å². The van der Waals surface area contributed by atoms with Crippen molar-refractivity contribution in [3.8, 4) is 5.75 Å². The first-order valence-electron chi connectivity index (χ1n) is 8.97. The minimum absolute atomic E-state index is 0.00626. The smallest absolute Gasteiger partial charge is 0.255 e. The third kappa shape index (κ3) is 4.67. The minimum atomic E-state index is -3.56. The number of aryl methyl sites for hydroxylation is 1. The molecule has 144 valence electrons. The molecule has 1 fully saturated rings. The van der Waals surface area contributed by atoms with Crippen molar-refractivity contribution in [3.05, 3.63) is 53.6 Å². The van der Waals surface area contributed by atoms with Crippen LogP contribution in [0.25, 0.3) is 0 Å². The maximum atomic E-state index is 12.5. The van der Waals surface area contributed by atoms with Gasteiger partial charge in [0.15, 0.2) is 0 Å². The third-order valence-corrected chi connectivity index (χ3v) is 6.24. The number of anilines is 1. The number of hydrogen-bond donors (Lipinski definition) is 2. The second-order valence-corrected chi connectivity index (χ2v) is 8.50. The number of rotatable bonds is 6. The number of carbonyl (C=O) groups is 1. The molecule has 3 rings (SSSR count). The Morgan fingerprint density at radius 1 is 1.07 bits per heavy atom. The first-order valence-corrected chi connectivity index (χ1v) is 10.5. The van der Waals surface area contributed by atoms with Crippen LogP contribution in [0, 0.1) is 6.92 Å². The molecule has 1 saturated carbocycles. The maximum Gasteiger partial charge on any atom is 0.255 e. The summed E-state index contributed by atoms with van der Waals surface area (Å²) in [7, 11) is -2.02. The summed E-state index contributed by atoms with van der Waals surface area (Å²) in [6.07, 6.45) is 3.85. The summed E-state index contributed by atoms with van der Waals surface area (Å²) in [4.78, 5) is 12.7. The molecule has 1 aliphatic rings. The van der Waals surface area contributed by atoms with Crippen molar-refractivity contribution in [2.45, 2.75) is 43.5 Å². The Bertz CT molecular complexity index is 917. The number of amides is 1. The normalized spacial score (nSPS) is 14.9. The number of hydrogen-bond acceptors (Lipinski definition) is 4. The molecule has 0 heterocycles. The van der Waals surface area contributed by atoms with E-state index in [1.54, 1.807) is 6.07 Å². The van der Waals surface area contributed by atoms with Gasteiger partial charge in [0.05, 0.1) is 17.7 Å². The molecule has 0 radical (unpaired) electrons. The van der Waals surface area contributed by atoms with E-state index in [9.17, 15) is 13.2 Å². The zero-order chi connectivity index (χ0) is 19.4. The van der Waals surface area contributed by atoms with Gasteiger partial charge in [-0.15, -0.1) is 0 Å². The van der Waals surface area contributed by atoms with E-state index in [-0.39, 0.29) is 16.8 Å². The molecule has 0 aromatic heterocycles. The van der Waals surface area contributed by atoms with Gasteiger partial charge in [0.1, 0.15) is 5.75 Å². The van der Waals surface area contributed by atoms with Crippen molar-refractivity contribution in [3.63, 3.8) is 0 Å². The lowest BCUT2D eigenvalue weighted by Gasteiger charge is -2.13. The van der Waals surface area contributed by atoms with Crippen LogP contribution in [0.5, 0.6) is 5.75 Å². The Kier molecular flexibility index (Phi) is 5.82. The standard InChI is InChI=1S/C20H24N2O4S/c1-14-7-12-19(26-2)18(13-14)21-20(23)15-8-10-17(11-9-15)27(24,25)22-16-5-3-4-6-16/h7-13,16,22H,3-6H2,1-2H3,(H,21,23). The molecule has 1 aliphatic carbocycles. The molecule has 2 aromatic carbocycles. The van der Waals surface area contributed by atoms with E-state index in [1.807, 2.05) is 19.1 Å². The molecule has 0 atom stereocenters. The second kappa shape index (κ2) is 8.10. The van der Waals surface area contributed by atoms with E-state index in [0.717, 1.165) is 31.2 Å². The zero-order valence-electron chi connectivity index (χ0n) is 15.5. The summed E-state index contributed by atoms with van der Waals surface area (Å²) < 4.78 is 32.9. The summed E-state index contributed by atoms with van der Waals surface area (Å²) in [6.45, 7) is 1.92. The highest BCUT2D eigenvalue weighted by Gasteiger charge is 2.23. The number of nitrogens with one attached hydrogen (secondary N) is 2. The zero-order valence-corrected chi connectivity index (χ0v) is 16.3. The van der Waals surface area contributed by atoms with Crippen LogP contribution in [-0.4, -0.2) is 27.5 Å². The predicted octanol–water partition coefficient (Wildman–Crippen LogP) is 3.48. The number of ether oxygens (including phenoxy) is 1. The highest BCUT2D eigenvalue weighted by atomic mass is 32.2. The Morgan fingerprint density at radius 2 is 1.74 bits per heavy atom. The molecule has 2 aromatic rings. The molecular weight excluding hydrogens is 364 g/mol. The van der Waals surface area contributed by atoms with E-state index in [2.05, 4.69) is 10.0 Å². The van der Waals surface area contributed by atoms with Gasteiger partial charge >= 0.3 is 0 Å². The van der Waals surface area contributed by atoms with Crippen LogP contribution in [-0.2, 0) is 10.0 Å². The van der Waals surface area contributed by atoms with Crippen molar-refractivity contribution >= 4 is 21.6 Å². The monoisotopic (exact) mass is 388 g/mol. The topological polar surface area (TPSA) is 84.5 Å². The van der Waals surface area contributed by atoms with Gasteiger partial charge < -0.3 is 10.1 Å². The third-order valence-electron chi connectivity index (χ3n) is 4.71. The Balaban J connectivity index is 1.73. The summed E-state index contributed by atoms with van der Waals surface area (Å²) >= 11 is 0. The maximum absolute atomic E-state index is 12.5. The van der Waals surface area contributed by atoms with E-state index in [4.69, 9.17) is 4.74 Å². The molecular formula is C20H24N2O4S. The van der Waals surface area contributed by atoms with Gasteiger partial charge in [-0.2, -0.15) is 0 Å².